The summed E-state index contributed by atoms with van der Waals surface area (Å²) < 4.78 is 0. The topological polar surface area (TPSA) is 3.24 Å². The molecule has 1 spiro atoms. The molecule has 0 N–H and O–H groups in total. The summed E-state index contributed by atoms with van der Waals surface area (Å²) in [4.78, 5) is 2.58. The van der Waals surface area contributed by atoms with Gasteiger partial charge in [-0.3, -0.25) is 0 Å². The van der Waals surface area contributed by atoms with Gasteiger partial charge in [-0.15, -0.1) is 0 Å². The van der Waals surface area contributed by atoms with E-state index < -0.39 is 5.41 Å². The molecule has 0 saturated heterocycles. The van der Waals surface area contributed by atoms with Crippen LogP contribution >= 0.6 is 0 Å². The summed E-state index contributed by atoms with van der Waals surface area (Å²) in [7, 11) is 0. The molecule has 4 aliphatic carbocycles. The van der Waals surface area contributed by atoms with E-state index >= 15 is 0 Å². The van der Waals surface area contributed by atoms with Gasteiger partial charge in [-0.2, -0.15) is 0 Å². The van der Waals surface area contributed by atoms with Crippen molar-refractivity contribution in [2.24, 2.45) is 5.92 Å². The molecule has 10 aromatic carbocycles. The highest BCUT2D eigenvalue weighted by molar-refractivity contribution is 6.25. The summed E-state index contributed by atoms with van der Waals surface area (Å²) in [6.45, 7) is 2.44. The summed E-state index contributed by atoms with van der Waals surface area (Å²) in [6, 6.07) is 80.8. The van der Waals surface area contributed by atoms with E-state index in [9.17, 15) is 0 Å². The maximum atomic E-state index is 2.61. The average molecular weight is 844 g/mol. The molecule has 1 nitrogen and oxygen atoms in total. The average Bonchev–Trinajstić information content (AvgIpc) is 3.84. The Hall–Kier alpha value is -7.48. The molecule has 0 heterocycles. The van der Waals surface area contributed by atoms with Crippen LogP contribution in [0, 0.1) is 5.92 Å². The number of rotatable bonds is 5. The normalized spacial score (nSPS) is 18.7. The molecule has 2 bridgehead atoms. The first kappa shape index (κ1) is 37.9. The van der Waals surface area contributed by atoms with Gasteiger partial charge in [0.2, 0.25) is 0 Å². The lowest BCUT2D eigenvalue weighted by Crippen LogP contribution is -2.36. The minimum Gasteiger partial charge on any atom is -0.310 e. The zero-order valence-electron chi connectivity index (χ0n) is 37.3. The third-order valence-electron chi connectivity index (χ3n) is 16.5. The molecular weight excluding hydrogens is 795 g/mol. The third-order valence-corrected chi connectivity index (χ3v) is 16.5. The molecule has 314 valence electrons. The summed E-state index contributed by atoms with van der Waals surface area (Å²) in [5.74, 6) is 0.791. The van der Waals surface area contributed by atoms with Gasteiger partial charge in [-0.1, -0.05) is 187 Å². The Labute approximate surface area is 387 Å². The van der Waals surface area contributed by atoms with E-state index in [-0.39, 0.29) is 5.41 Å². The molecule has 1 heteroatoms. The van der Waals surface area contributed by atoms with E-state index in [1.54, 1.807) is 11.1 Å². The van der Waals surface area contributed by atoms with Gasteiger partial charge in [-0.25, -0.2) is 0 Å². The monoisotopic (exact) mass is 843 g/mol. The molecule has 1 fully saturated rings. The van der Waals surface area contributed by atoms with Crippen molar-refractivity contribution in [2.45, 2.75) is 49.9 Å². The van der Waals surface area contributed by atoms with Gasteiger partial charge in [0.15, 0.2) is 0 Å². The summed E-state index contributed by atoms with van der Waals surface area (Å²) in [5.41, 5.74) is 19.8. The number of anilines is 3. The number of benzene rings is 10. The second kappa shape index (κ2) is 14.3. The van der Waals surface area contributed by atoms with Crippen LogP contribution < -0.4 is 4.90 Å². The van der Waals surface area contributed by atoms with Crippen molar-refractivity contribution >= 4 is 49.4 Å². The molecule has 4 aliphatic rings. The highest BCUT2D eigenvalue weighted by atomic mass is 15.1. The lowest BCUT2D eigenvalue weighted by Gasteiger charge is -2.46. The van der Waals surface area contributed by atoms with Crippen molar-refractivity contribution in [2.75, 3.05) is 4.90 Å². The third kappa shape index (κ3) is 5.12. The Balaban J connectivity index is 1.06. The molecule has 0 radical (unpaired) electrons. The molecule has 14 rings (SSSR count). The molecule has 0 aliphatic heterocycles. The van der Waals surface area contributed by atoms with E-state index in [4.69, 9.17) is 0 Å². The minimum absolute atomic E-state index is 0.109. The molecule has 0 amide bonds. The Morgan fingerprint density at radius 3 is 1.52 bits per heavy atom. The second-order valence-corrected chi connectivity index (χ2v) is 19.5. The van der Waals surface area contributed by atoms with Crippen molar-refractivity contribution < 1.29 is 0 Å². The van der Waals surface area contributed by atoms with Gasteiger partial charge in [0.1, 0.15) is 0 Å². The molecule has 0 aromatic heterocycles. The maximum absolute atomic E-state index is 2.61. The van der Waals surface area contributed by atoms with E-state index in [2.05, 4.69) is 224 Å². The van der Waals surface area contributed by atoms with Crippen molar-refractivity contribution in [3.8, 4) is 22.3 Å². The summed E-state index contributed by atoms with van der Waals surface area (Å²) in [6.07, 6.45) is 6.20. The summed E-state index contributed by atoms with van der Waals surface area (Å²) in [5, 5.41) is 7.72. The van der Waals surface area contributed by atoms with Crippen LogP contribution in [0.5, 0.6) is 0 Å². The first-order chi connectivity index (χ1) is 32.6. The number of fused-ring (bicyclic) bond motifs is 17. The predicted molar refractivity (Wildman–Crippen MR) is 276 cm³/mol. The fourth-order valence-corrected chi connectivity index (χ4v) is 13.6. The molecular formula is C65H49N. The van der Waals surface area contributed by atoms with Crippen LogP contribution in [0.15, 0.2) is 223 Å². The number of hydrogen-bond donors (Lipinski definition) is 0. The molecule has 2 unspecified atom stereocenters. The number of hydrogen-bond acceptors (Lipinski definition) is 1. The first-order valence-electron chi connectivity index (χ1n) is 24.1. The van der Waals surface area contributed by atoms with Crippen LogP contribution in [-0.2, 0) is 10.8 Å². The quantitative estimate of drug-likeness (QED) is 0.123. The molecule has 1 saturated carbocycles. The molecule has 10 aromatic rings. The highest BCUT2D eigenvalue weighted by Crippen LogP contribution is 2.63. The number of nitrogens with zero attached hydrogens (tertiary/aromatic N) is 1. The van der Waals surface area contributed by atoms with E-state index in [0.717, 1.165) is 17.3 Å². The fourth-order valence-electron chi connectivity index (χ4n) is 13.6. The van der Waals surface area contributed by atoms with Crippen LogP contribution in [0.2, 0.25) is 0 Å². The smallest absolute Gasteiger partial charge is 0.0714 e. The van der Waals surface area contributed by atoms with Crippen molar-refractivity contribution in [3.63, 3.8) is 0 Å². The number of allylic oxidation sites excluding steroid dienone is 2. The maximum Gasteiger partial charge on any atom is 0.0714 e. The van der Waals surface area contributed by atoms with E-state index in [1.165, 1.54) is 126 Å². The molecule has 66 heavy (non-hydrogen) atoms. The first-order valence-corrected chi connectivity index (χ1v) is 24.1. The fraction of sp³-hybridized carbons (Fsp3) is 0.138. The lowest BCUT2D eigenvalue weighted by molar-refractivity contribution is 0.306. The SMILES string of the molecule is CC1=C2CC(CC1)CCC21c2ccccc2-c2ccc(N(c3ccc4c(c3)C(c3ccccc3)(c3ccccc3)c3ccccc3-4)c3ccc4c5ccccc5c5ccccc5c4c3)cc21. The summed E-state index contributed by atoms with van der Waals surface area (Å²) >= 11 is 0. The van der Waals surface area contributed by atoms with Crippen molar-refractivity contribution in [1.29, 1.82) is 0 Å². The lowest BCUT2D eigenvalue weighted by atomic mass is 9.58. The van der Waals surface area contributed by atoms with Crippen LogP contribution in [0.4, 0.5) is 17.1 Å². The van der Waals surface area contributed by atoms with Gasteiger partial charge in [0.25, 0.3) is 0 Å². The minimum atomic E-state index is -0.512. The zero-order valence-corrected chi connectivity index (χ0v) is 37.3. The van der Waals surface area contributed by atoms with Crippen molar-refractivity contribution in [1.82, 2.24) is 0 Å². The highest BCUT2D eigenvalue weighted by Gasteiger charge is 2.50. The van der Waals surface area contributed by atoms with Crippen LogP contribution in [0.3, 0.4) is 0 Å². The van der Waals surface area contributed by atoms with E-state index in [0.29, 0.717) is 0 Å². The second-order valence-electron chi connectivity index (χ2n) is 19.5. The van der Waals surface area contributed by atoms with E-state index in [1.807, 2.05) is 0 Å². The van der Waals surface area contributed by atoms with Crippen molar-refractivity contribution in [3.05, 3.63) is 257 Å². The van der Waals surface area contributed by atoms with Gasteiger partial charge < -0.3 is 4.90 Å². The van der Waals surface area contributed by atoms with Crippen LogP contribution in [0.1, 0.15) is 72.4 Å². The van der Waals surface area contributed by atoms with Gasteiger partial charge >= 0.3 is 0 Å². The molecule has 2 atom stereocenters. The Morgan fingerprint density at radius 1 is 0.394 bits per heavy atom. The van der Waals surface area contributed by atoms with Gasteiger partial charge in [0.05, 0.1) is 5.41 Å². The predicted octanol–water partition coefficient (Wildman–Crippen LogP) is 17.2. The Kier molecular flexibility index (Phi) is 8.18. The largest absolute Gasteiger partial charge is 0.310 e. The van der Waals surface area contributed by atoms with Crippen LogP contribution in [-0.4, -0.2) is 0 Å². The van der Waals surface area contributed by atoms with Gasteiger partial charge in [0, 0.05) is 22.5 Å². The Bertz CT molecular complexity index is 3580. The van der Waals surface area contributed by atoms with Crippen LogP contribution in [0.25, 0.3) is 54.6 Å². The Morgan fingerprint density at radius 2 is 0.864 bits per heavy atom. The standard InChI is InChI=1S/C65H49N/c1-42-28-29-43-36-37-64(61(42)38-43)59-26-14-12-24-54(59)56-34-31-47(40-62(56)64)66(46-30-33-53-51-22-9-8-20-49(51)50-21-10-11-23-52(50)58(53)39-46)48-32-35-57-55-25-13-15-27-60(55)65(63(57)41-48,44-16-4-2-5-17-44)45-18-6-3-7-19-45/h2-27,30-35,39-41,43H,28-29,36-38H2,1H3. The van der Waals surface area contributed by atoms with Gasteiger partial charge in [-0.05, 0) is 169 Å². The zero-order chi connectivity index (χ0) is 43.6.